The lowest BCUT2D eigenvalue weighted by molar-refractivity contribution is -0.126. The zero-order chi connectivity index (χ0) is 24.9. The molecule has 2 aliphatic rings. The fraction of sp³-hybridized carbons (Fsp3) is 0.240. The maximum atomic E-state index is 16.0. The summed E-state index contributed by atoms with van der Waals surface area (Å²) in [6.45, 7) is 5.34. The molecule has 0 saturated carbocycles. The molecule has 0 aliphatic carbocycles. The number of halogens is 3. The molecule has 2 aliphatic heterocycles. The average molecular weight is 499 g/mol. The van der Waals surface area contributed by atoms with E-state index >= 15 is 4.39 Å². The first kappa shape index (κ1) is 23.0. The first-order valence-corrected chi connectivity index (χ1v) is 11.5. The molecular weight excluding hydrogens is 478 g/mol. The maximum Gasteiger partial charge on any atom is 0.246 e. The molecule has 5 rings (SSSR count). The molecule has 0 bridgehead atoms. The number of carbonyl (C=O) groups is 2. The number of anilines is 2. The number of benzene rings is 2. The molecule has 2 aromatic carbocycles. The summed E-state index contributed by atoms with van der Waals surface area (Å²) in [5.41, 5.74) is 0.640. The van der Waals surface area contributed by atoms with Gasteiger partial charge in [-0.1, -0.05) is 24.2 Å². The molecule has 7 nitrogen and oxygen atoms in total. The lowest BCUT2D eigenvalue weighted by atomic mass is 9.96. The van der Waals surface area contributed by atoms with Crippen molar-refractivity contribution in [1.82, 2.24) is 9.88 Å². The zero-order valence-electron chi connectivity index (χ0n) is 18.6. The normalized spacial score (nSPS) is 15.7. The van der Waals surface area contributed by atoms with Crippen LogP contribution < -0.4 is 10.2 Å². The van der Waals surface area contributed by atoms with E-state index in [1.54, 1.807) is 4.90 Å². The van der Waals surface area contributed by atoms with E-state index in [4.69, 9.17) is 11.6 Å². The van der Waals surface area contributed by atoms with E-state index in [-0.39, 0.29) is 45.7 Å². The Bertz CT molecular complexity index is 1380. The number of hydrogen-bond acceptors (Lipinski definition) is 5. The van der Waals surface area contributed by atoms with Crippen LogP contribution in [0.5, 0.6) is 5.75 Å². The van der Waals surface area contributed by atoms with E-state index in [2.05, 4.69) is 16.9 Å². The SMILES string of the molecule is C=CC(=O)N1CCN(c2c3c(nc4c(F)c(-c5c(O)cccc5F)c(Cl)cc24)NC(=O)CC3)CC1. The number of nitrogens with zero attached hydrogens (tertiary/aromatic N) is 3. The van der Waals surface area contributed by atoms with E-state index in [0.29, 0.717) is 43.7 Å². The number of fused-ring (bicyclic) bond motifs is 2. The van der Waals surface area contributed by atoms with Gasteiger partial charge in [0.1, 0.15) is 22.9 Å². The Labute approximate surface area is 204 Å². The summed E-state index contributed by atoms with van der Waals surface area (Å²) in [6, 6.07) is 5.17. The Balaban J connectivity index is 1.72. The van der Waals surface area contributed by atoms with Crippen LogP contribution in [0.1, 0.15) is 12.0 Å². The number of carbonyl (C=O) groups excluding carboxylic acids is 2. The number of pyridine rings is 1. The van der Waals surface area contributed by atoms with Crippen LogP contribution in [-0.4, -0.2) is 53.0 Å². The minimum atomic E-state index is -0.905. The summed E-state index contributed by atoms with van der Waals surface area (Å²) >= 11 is 6.49. The van der Waals surface area contributed by atoms with Crippen molar-refractivity contribution in [1.29, 1.82) is 0 Å². The molecule has 1 fully saturated rings. The number of aromatic hydroxyl groups is 1. The summed E-state index contributed by atoms with van der Waals surface area (Å²) < 4.78 is 30.6. The molecule has 1 aromatic heterocycles. The lowest BCUT2D eigenvalue weighted by Gasteiger charge is -2.38. The highest BCUT2D eigenvalue weighted by Gasteiger charge is 2.30. The van der Waals surface area contributed by atoms with Crippen LogP contribution in [0.2, 0.25) is 5.02 Å². The van der Waals surface area contributed by atoms with Gasteiger partial charge in [0.05, 0.1) is 16.3 Å². The predicted octanol–water partition coefficient (Wildman–Crippen LogP) is 4.26. The second-order valence-electron chi connectivity index (χ2n) is 8.43. The van der Waals surface area contributed by atoms with Crippen LogP contribution in [-0.2, 0) is 16.0 Å². The number of amides is 2. The Morgan fingerprint density at radius 1 is 1.17 bits per heavy atom. The largest absolute Gasteiger partial charge is 0.507 e. The zero-order valence-corrected chi connectivity index (χ0v) is 19.3. The second-order valence-corrected chi connectivity index (χ2v) is 8.84. The minimum absolute atomic E-state index is 0.0845. The number of nitrogens with one attached hydrogen (secondary N) is 1. The third-order valence-electron chi connectivity index (χ3n) is 6.43. The van der Waals surface area contributed by atoms with Gasteiger partial charge in [0.15, 0.2) is 5.82 Å². The highest BCUT2D eigenvalue weighted by atomic mass is 35.5. The number of hydrogen-bond donors (Lipinski definition) is 2. The molecule has 1 saturated heterocycles. The molecule has 0 radical (unpaired) electrons. The van der Waals surface area contributed by atoms with Crippen molar-refractivity contribution in [3.05, 3.63) is 59.1 Å². The Morgan fingerprint density at radius 2 is 1.91 bits per heavy atom. The van der Waals surface area contributed by atoms with E-state index in [1.807, 2.05) is 4.90 Å². The van der Waals surface area contributed by atoms with Gasteiger partial charge in [0.2, 0.25) is 11.8 Å². The van der Waals surface area contributed by atoms with Gasteiger partial charge in [-0.15, -0.1) is 0 Å². The number of phenols is 1. The van der Waals surface area contributed by atoms with Gasteiger partial charge in [-0.3, -0.25) is 9.59 Å². The number of rotatable bonds is 3. The van der Waals surface area contributed by atoms with E-state index in [1.165, 1.54) is 24.3 Å². The van der Waals surface area contributed by atoms with Crippen molar-refractivity contribution < 1.29 is 23.5 Å². The number of piperazine rings is 1. The van der Waals surface area contributed by atoms with E-state index < -0.39 is 17.4 Å². The van der Waals surface area contributed by atoms with Crippen LogP contribution in [0, 0.1) is 11.6 Å². The van der Waals surface area contributed by atoms with Crippen LogP contribution >= 0.6 is 11.6 Å². The monoisotopic (exact) mass is 498 g/mol. The van der Waals surface area contributed by atoms with Crippen molar-refractivity contribution in [3.63, 3.8) is 0 Å². The quantitative estimate of drug-likeness (QED) is 0.527. The van der Waals surface area contributed by atoms with Gasteiger partial charge in [0.25, 0.3) is 0 Å². The van der Waals surface area contributed by atoms with Crippen LogP contribution in [0.15, 0.2) is 36.9 Å². The van der Waals surface area contributed by atoms with Gasteiger partial charge < -0.3 is 20.2 Å². The van der Waals surface area contributed by atoms with Gasteiger partial charge in [-0.2, -0.15) is 0 Å². The summed E-state index contributed by atoms with van der Waals surface area (Å²) in [6.07, 6.45) is 1.92. The van der Waals surface area contributed by atoms with Crippen molar-refractivity contribution in [2.45, 2.75) is 12.8 Å². The highest BCUT2D eigenvalue weighted by Crippen LogP contribution is 2.45. The summed E-state index contributed by atoms with van der Waals surface area (Å²) in [5.74, 6) is -2.37. The minimum Gasteiger partial charge on any atom is -0.507 e. The molecule has 3 aromatic rings. The Kier molecular flexibility index (Phi) is 5.80. The lowest BCUT2D eigenvalue weighted by Crippen LogP contribution is -2.48. The first-order chi connectivity index (χ1) is 16.8. The number of aromatic nitrogens is 1. The van der Waals surface area contributed by atoms with Crippen LogP contribution in [0.3, 0.4) is 0 Å². The van der Waals surface area contributed by atoms with Crippen molar-refractivity contribution in [3.8, 4) is 16.9 Å². The Hall–Kier alpha value is -3.72. The molecule has 2 N–H and O–H groups in total. The summed E-state index contributed by atoms with van der Waals surface area (Å²) in [4.78, 5) is 32.2. The topological polar surface area (TPSA) is 85.8 Å². The molecule has 10 heteroatoms. The van der Waals surface area contributed by atoms with Gasteiger partial charge >= 0.3 is 0 Å². The van der Waals surface area contributed by atoms with Crippen LogP contribution in [0.25, 0.3) is 22.0 Å². The van der Waals surface area contributed by atoms with E-state index in [9.17, 15) is 19.1 Å². The fourth-order valence-corrected chi connectivity index (χ4v) is 5.04. The average Bonchev–Trinajstić information content (AvgIpc) is 2.84. The predicted molar refractivity (Wildman–Crippen MR) is 130 cm³/mol. The molecule has 0 spiro atoms. The van der Waals surface area contributed by atoms with Gasteiger partial charge in [-0.05, 0) is 30.7 Å². The van der Waals surface area contributed by atoms with Crippen LogP contribution in [0.4, 0.5) is 20.3 Å². The van der Waals surface area contributed by atoms with Crippen molar-refractivity contribution in [2.24, 2.45) is 0 Å². The molecule has 2 amide bonds. The Morgan fingerprint density at radius 3 is 2.60 bits per heavy atom. The second kappa shape index (κ2) is 8.81. The highest BCUT2D eigenvalue weighted by molar-refractivity contribution is 6.34. The molecule has 0 unspecified atom stereocenters. The molecule has 0 atom stereocenters. The van der Waals surface area contributed by atoms with Crippen molar-refractivity contribution >= 4 is 45.8 Å². The molecule has 180 valence electrons. The smallest absolute Gasteiger partial charge is 0.246 e. The fourth-order valence-electron chi connectivity index (χ4n) is 4.76. The van der Waals surface area contributed by atoms with Gasteiger partial charge in [-0.25, -0.2) is 13.8 Å². The van der Waals surface area contributed by atoms with E-state index in [0.717, 1.165) is 11.6 Å². The van der Waals surface area contributed by atoms with Crippen molar-refractivity contribution in [2.75, 3.05) is 36.4 Å². The summed E-state index contributed by atoms with van der Waals surface area (Å²) in [5, 5.41) is 13.3. The molecule has 3 heterocycles. The number of phenolic OH excluding ortho intramolecular Hbond substituents is 1. The maximum absolute atomic E-state index is 16.0. The first-order valence-electron chi connectivity index (χ1n) is 11.1. The van der Waals surface area contributed by atoms with Gasteiger partial charge in [0, 0.05) is 49.1 Å². The summed E-state index contributed by atoms with van der Waals surface area (Å²) in [7, 11) is 0. The standard InChI is InChI=1S/C25H21ClF2N4O3/c1-2-19(35)31-8-10-32(11-9-31)24-13-6-7-18(34)29-25(13)30-23-14(24)12-15(26)20(22(23)28)21-16(27)4-3-5-17(21)33/h2-5,12,33H,1,6-11H2,(H,29,30,34). The molecular formula is C25H21ClF2N4O3. The molecule has 35 heavy (non-hydrogen) atoms. The third-order valence-corrected chi connectivity index (χ3v) is 6.72. The third kappa shape index (κ3) is 3.85.